The Kier molecular flexibility index (Phi) is 3.83. The fourth-order valence-electron chi connectivity index (χ4n) is 1.69. The number of hydrogen-bond donors (Lipinski definition) is 4. The van der Waals surface area contributed by atoms with E-state index in [1.54, 1.807) is 24.3 Å². The van der Waals surface area contributed by atoms with E-state index in [9.17, 15) is 13.2 Å². The highest BCUT2D eigenvalue weighted by molar-refractivity contribution is 7.86. The van der Waals surface area contributed by atoms with Gasteiger partial charge in [-0.15, -0.1) is 0 Å². The number of nitrogens with two attached hydrogens (primary N) is 2. The molecule has 0 aliphatic carbocycles. The van der Waals surface area contributed by atoms with Crippen LogP contribution in [0.5, 0.6) is 0 Å². The molecular formula is C13H13N3O4S. The topological polar surface area (TPSA) is 136 Å². The third kappa shape index (κ3) is 3.50. The van der Waals surface area contributed by atoms with Crippen LogP contribution in [-0.4, -0.2) is 18.9 Å². The van der Waals surface area contributed by atoms with Crippen molar-refractivity contribution in [2.45, 2.75) is 4.90 Å². The number of anilines is 3. The van der Waals surface area contributed by atoms with Gasteiger partial charge >= 0.3 is 0 Å². The molecule has 0 aliphatic rings. The molecule has 2 aromatic carbocycles. The lowest BCUT2D eigenvalue weighted by molar-refractivity contribution is 0.102. The molecule has 0 radical (unpaired) electrons. The van der Waals surface area contributed by atoms with Gasteiger partial charge in [0.05, 0.1) is 5.69 Å². The zero-order valence-corrected chi connectivity index (χ0v) is 11.6. The van der Waals surface area contributed by atoms with Gasteiger partial charge in [0.15, 0.2) is 0 Å². The van der Waals surface area contributed by atoms with Crippen LogP contribution in [0.15, 0.2) is 47.4 Å². The molecule has 2 rings (SSSR count). The Balaban J connectivity index is 2.24. The van der Waals surface area contributed by atoms with E-state index in [1.807, 2.05) is 0 Å². The third-order valence-corrected chi connectivity index (χ3v) is 3.65. The van der Waals surface area contributed by atoms with Gasteiger partial charge in [0.25, 0.3) is 16.0 Å². The zero-order valence-electron chi connectivity index (χ0n) is 10.8. The van der Waals surface area contributed by atoms with Gasteiger partial charge in [0.2, 0.25) is 0 Å². The van der Waals surface area contributed by atoms with Crippen LogP contribution in [0.1, 0.15) is 10.4 Å². The summed E-state index contributed by atoms with van der Waals surface area (Å²) in [6.07, 6.45) is 0. The second kappa shape index (κ2) is 5.43. The van der Waals surface area contributed by atoms with Gasteiger partial charge in [-0.05, 0) is 42.5 Å². The van der Waals surface area contributed by atoms with Crippen molar-refractivity contribution < 1.29 is 17.8 Å². The quantitative estimate of drug-likeness (QED) is 0.499. The van der Waals surface area contributed by atoms with Crippen molar-refractivity contribution in [2.75, 3.05) is 16.8 Å². The molecule has 0 atom stereocenters. The highest BCUT2D eigenvalue weighted by Gasteiger charge is 2.16. The molecule has 0 fully saturated rings. The summed E-state index contributed by atoms with van der Waals surface area (Å²) in [7, 11) is -4.41. The Labute approximate surface area is 121 Å². The normalized spacial score (nSPS) is 11.1. The molecule has 21 heavy (non-hydrogen) atoms. The molecule has 0 aliphatic heterocycles. The lowest BCUT2D eigenvalue weighted by Gasteiger charge is -2.08. The first-order valence-corrected chi connectivity index (χ1v) is 7.25. The van der Waals surface area contributed by atoms with Gasteiger partial charge in [-0.3, -0.25) is 9.35 Å². The second-order valence-electron chi connectivity index (χ2n) is 4.30. The maximum Gasteiger partial charge on any atom is 0.296 e. The Morgan fingerprint density at radius 2 is 1.67 bits per heavy atom. The third-order valence-electron chi connectivity index (χ3n) is 2.72. The lowest BCUT2D eigenvalue weighted by Crippen LogP contribution is -2.13. The Morgan fingerprint density at radius 1 is 1.05 bits per heavy atom. The fourth-order valence-corrected chi connectivity index (χ4v) is 2.29. The van der Waals surface area contributed by atoms with Crippen molar-refractivity contribution >= 4 is 33.1 Å². The van der Waals surface area contributed by atoms with Crippen LogP contribution in [0.25, 0.3) is 0 Å². The minimum absolute atomic E-state index is 0.164. The molecule has 0 aromatic heterocycles. The Morgan fingerprint density at radius 3 is 2.19 bits per heavy atom. The number of amides is 1. The van der Waals surface area contributed by atoms with E-state index in [0.717, 1.165) is 6.07 Å². The van der Waals surface area contributed by atoms with Crippen molar-refractivity contribution in [3.05, 3.63) is 48.0 Å². The van der Waals surface area contributed by atoms with E-state index in [0.29, 0.717) is 11.4 Å². The number of nitrogen functional groups attached to an aromatic ring is 2. The lowest BCUT2D eigenvalue weighted by atomic mass is 10.2. The number of carbonyl (C=O) groups is 1. The maximum absolute atomic E-state index is 12.0. The van der Waals surface area contributed by atoms with E-state index in [2.05, 4.69) is 5.32 Å². The second-order valence-corrected chi connectivity index (χ2v) is 5.69. The predicted molar refractivity (Wildman–Crippen MR) is 79.5 cm³/mol. The molecule has 0 spiro atoms. The van der Waals surface area contributed by atoms with E-state index >= 15 is 0 Å². The molecule has 0 unspecified atom stereocenters. The summed E-state index contributed by atoms with van der Waals surface area (Å²) < 4.78 is 31.0. The van der Waals surface area contributed by atoms with Gasteiger partial charge in [0, 0.05) is 16.9 Å². The van der Waals surface area contributed by atoms with Gasteiger partial charge in [-0.1, -0.05) is 0 Å². The number of benzene rings is 2. The smallest absolute Gasteiger partial charge is 0.296 e. The summed E-state index contributed by atoms with van der Waals surface area (Å²) in [5.41, 5.74) is 12.1. The monoisotopic (exact) mass is 307 g/mol. The van der Waals surface area contributed by atoms with Gasteiger partial charge in [-0.2, -0.15) is 8.42 Å². The molecule has 0 saturated heterocycles. The summed E-state index contributed by atoms with van der Waals surface area (Å²) in [5, 5.41) is 2.61. The van der Waals surface area contributed by atoms with E-state index in [-0.39, 0.29) is 11.3 Å². The molecule has 8 heteroatoms. The molecule has 0 bridgehead atoms. The standard InChI is InChI=1S/C13H13N3O4S/c14-9-2-4-10(5-3-9)16-13(17)8-1-6-12(11(15)7-8)21(18,19)20/h1-7H,14-15H2,(H,16,17)(H,18,19,20). The van der Waals surface area contributed by atoms with Gasteiger partial charge in [0.1, 0.15) is 4.90 Å². The summed E-state index contributed by atoms with van der Waals surface area (Å²) >= 11 is 0. The van der Waals surface area contributed by atoms with E-state index in [1.165, 1.54) is 12.1 Å². The first kappa shape index (κ1) is 14.8. The molecular weight excluding hydrogens is 294 g/mol. The molecule has 6 N–H and O–H groups in total. The van der Waals surface area contributed by atoms with E-state index < -0.39 is 20.9 Å². The molecule has 2 aromatic rings. The Hall–Kier alpha value is -2.58. The largest absolute Gasteiger partial charge is 0.399 e. The van der Waals surface area contributed by atoms with Crippen molar-refractivity contribution in [3.63, 3.8) is 0 Å². The maximum atomic E-state index is 12.0. The summed E-state index contributed by atoms with van der Waals surface area (Å²) in [6, 6.07) is 10.0. The van der Waals surface area contributed by atoms with Crippen molar-refractivity contribution in [2.24, 2.45) is 0 Å². The molecule has 110 valence electrons. The highest BCUT2D eigenvalue weighted by atomic mass is 32.2. The summed E-state index contributed by atoms with van der Waals surface area (Å²) in [5.74, 6) is -0.464. The van der Waals surface area contributed by atoms with Crippen molar-refractivity contribution in [1.29, 1.82) is 0 Å². The minimum atomic E-state index is -4.41. The fraction of sp³-hybridized carbons (Fsp3) is 0. The van der Waals surface area contributed by atoms with Crippen molar-refractivity contribution in [3.8, 4) is 0 Å². The van der Waals surface area contributed by atoms with Crippen LogP contribution in [0, 0.1) is 0 Å². The van der Waals surface area contributed by atoms with Crippen molar-refractivity contribution in [1.82, 2.24) is 0 Å². The van der Waals surface area contributed by atoms with E-state index in [4.69, 9.17) is 16.0 Å². The number of hydrogen-bond acceptors (Lipinski definition) is 5. The first-order valence-electron chi connectivity index (χ1n) is 5.81. The first-order chi connectivity index (χ1) is 9.77. The highest BCUT2D eigenvalue weighted by Crippen LogP contribution is 2.20. The van der Waals surface area contributed by atoms with Crippen LogP contribution in [0.3, 0.4) is 0 Å². The number of nitrogens with one attached hydrogen (secondary N) is 1. The SMILES string of the molecule is Nc1ccc(NC(=O)c2ccc(S(=O)(=O)O)c(N)c2)cc1. The van der Waals surface area contributed by atoms with Crippen LogP contribution in [0.2, 0.25) is 0 Å². The average molecular weight is 307 g/mol. The van der Waals surface area contributed by atoms with Crippen LogP contribution < -0.4 is 16.8 Å². The van der Waals surface area contributed by atoms with Gasteiger partial charge < -0.3 is 16.8 Å². The zero-order chi connectivity index (χ0) is 15.6. The van der Waals surface area contributed by atoms with Crippen LogP contribution >= 0.6 is 0 Å². The minimum Gasteiger partial charge on any atom is -0.399 e. The summed E-state index contributed by atoms with van der Waals surface area (Å²) in [4.78, 5) is 11.6. The molecule has 7 nitrogen and oxygen atoms in total. The van der Waals surface area contributed by atoms with Gasteiger partial charge in [-0.25, -0.2) is 0 Å². The van der Waals surface area contributed by atoms with Crippen LogP contribution in [-0.2, 0) is 10.1 Å². The average Bonchev–Trinajstić information content (AvgIpc) is 2.39. The molecule has 0 heterocycles. The Bertz CT molecular complexity index is 786. The summed E-state index contributed by atoms with van der Waals surface area (Å²) in [6.45, 7) is 0. The predicted octanol–water partition coefficient (Wildman–Crippen LogP) is 1.35. The van der Waals surface area contributed by atoms with Crippen LogP contribution in [0.4, 0.5) is 17.1 Å². The number of rotatable bonds is 3. The molecule has 1 amide bonds. The number of carbonyl (C=O) groups excluding carboxylic acids is 1. The molecule has 0 saturated carbocycles.